The smallest absolute Gasteiger partial charge is 0.374 e. The number of halogens is 5. The summed E-state index contributed by atoms with van der Waals surface area (Å²) < 4.78 is 39.9. The Hall–Kier alpha value is -3.59. The predicted octanol–water partition coefficient (Wildman–Crippen LogP) is 3.93. The van der Waals surface area contributed by atoms with Gasteiger partial charge in [-0.15, -0.1) is 10.2 Å². The van der Waals surface area contributed by atoms with Crippen LogP contribution < -0.4 is 10.6 Å². The minimum atomic E-state index is -4.77. The molecule has 39 heavy (non-hydrogen) atoms. The molecule has 1 aliphatic carbocycles. The van der Waals surface area contributed by atoms with Gasteiger partial charge in [0.1, 0.15) is 18.5 Å². The predicted molar refractivity (Wildman–Crippen MR) is 134 cm³/mol. The molecule has 5 rings (SSSR count). The number of rotatable bonds is 8. The van der Waals surface area contributed by atoms with E-state index in [1.807, 2.05) is 0 Å². The number of carbonyl (C=O) groups is 1. The van der Waals surface area contributed by atoms with E-state index in [2.05, 4.69) is 36.1 Å². The molecule has 1 atom stereocenters. The number of nitrogens with one attached hydrogen (secondary N) is 2. The van der Waals surface area contributed by atoms with Gasteiger partial charge in [0.25, 0.3) is 11.7 Å². The van der Waals surface area contributed by atoms with Crippen LogP contribution in [0.3, 0.4) is 0 Å². The molecule has 0 radical (unpaired) electrons. The number of carbonyl (C=O) groups excluding carboxylic acids is 1. The van der Waals surface area contributed by atoms with Crippen molar-refractivity contribution < 1.29 is 23.1 Å². The van der Waals surface area contributed by atoms with Gasteiger partial charge in [-0.25, -0.2) is 9.67 Å². The summed E-state index contributed by atoms with van der Waals surface area (Å²) in [7, 11) is 0. The van der Waals surface area contributed by atoms with Crippen LogP contribution in [0, 0.1) is 6.92 Å². The number of aromatic nitrogens is 7. The van der Waals surface area contributed by atoms with E-state index in [0.717, 1.165) is 12.8 Å². The van der Waals surface area contributed by atoms with E-state index in [4.69, 9.17) is 23.2 Å². The molecule has 1 unspecified atom stereocenters. The summed E-state index contributed by atoms with van der Waals surface area (Å²) in [6.45, 7) is 1.40. The average molecular weight is 582 g/mol. The highest BCUT2D eigenvalue weighted by molar-refractivity contribution is 6.32. The van der Waals surface area contributed by atoms with Crippen molar-refractivity contribution in [2.24, 2.45) is 0 Å². The van der Waals surface area contributed by atoms with E-state index < -0.39 is 24.1 Å². The second-order valence-corrected chi connectivity index (χ2v) is 9.71. The Morgan fingerprint density at radius 1 is 1.23 bits per heavy atom. The fraction of sp³-hybridized carbons (Fsp3) is 0.304. The number of hydrogen-bond donors (Lipinski definition) is 3. The number of alkyl halides is 3. The minimum absolute atomic E-state index is 0.0355. The van der Waals surface area contributed by atoms with Gasteiger partial charge < -0.3 is 10.4 Å². The third-order valence-corrected chi connectivity index (χ3v) is 6.29. The van der Waals surface area contributed by atoms with Crippen LogP contribution in [0.2, 0.25) is 10.0 Å². The molecule has 1 aliphatic rings. The first-order valence-electron chi connectivity index (χ1n) is 11.6. The van der Waals surface area contributed by atoms with Gasteiger partial charge in [-0.3, -0.25) is 10.1 Å². The lowest BCUT2D eigenvalue weighted by molar-refractivity contribution is -0.145. The second-order valence-electron chi connectivity index (χ2n) is 8.87. The van der Waals surface area contributed by atoms with Crippen LogP contribution in [-0.4, -0.2) is 52.0 Å². The Morgan fingerprint density at radius 3 is 2.67 bits per heavy atom. The molecule has 3 heterocycles. The Labute approximate surface area is 228 Å². The van der Waals surface area contributed by atoms with Gasteiger partial charge in [-0.05, 0) is 60.9 Å². The maximum atomic E-state index is 13.6. The minimum Gasteiger partial charge on any atom is -0.374 e. The van der Waals surface area contributed by atoms with Crippen LogP contribution in [0.4, 0.5) is 18.9 Å². The van der Waals surface area contributed by atoms with Crippen molar-refractivity contribution in [1.82, 2.24) is 40.3 Å². The number of aliphatic hydroxyl groups is 1. The van der Waals surface area contributed by atoms with E-state index in [0.29, 0.717) is 26.6 Å². The Morgan fingerprint density at radius 2 is 2.00 bits per heavy atom. The molecule has 4 aromatic rings. The van der Waals surface area contributed by atoms with E-state index in [9.17, 15) is 23.1 Å². The summed E-state index contributed by atoms with van der Waals surface area (Å²) in [5, 5.41) is 31.3. The highest BCUT2D eigenvalue weighted by Gasteiger charge is 2.37. The van der Waals surface area contributed by atoms with Crippen molar-refractivity contribution >= 4 is 34.8 Å². The highest BCUT2D eigenvalue weighted by atomic mass is 35.5. The Kier molecular flexibility index (Phi) is 7.29. The average Bonchev–Trinajstić information content (AvgIpc) is 3.37. The van der Waals surface area contributed by atoms with E-state index in [1.54, 1.807) is 31.2 Å². The normalized spacial score (nSPS) is 14.4. The lowest BCUT2D eigenvalue weighted by Gasteiger charge is -2.20. The molecule has 3 N–H and O–H groups in total. The molecule has 0 aliphatic heterocycles. The van der Waals surface area contributed by atoms with E-state index >= 15 is 0 Å². The number of aryl methyl sites for hydroxylation is 1. The van der Waals surface area contributed by atoms with Crippen LogP contribution in [0.1, 0.15) is 52.2 Å². The second kappa shape index (κ2) is 10.5. The first-order valence-corrected chi connectivity index (χ1v) is 12.4. The number of tetrazole rings is 1. The summed E-state index contributed by atoms with van der Waals surface area (Å²) in [4.78, 5) is 18.5. The fourth-order valence-electron chi connectivity index (χ4n) is 3.83. The summed E-state index contributed by atoms with van der Waals surface area (Å²) in [6.07, 6.45) is -2.55. The Bertz CT molecular complexity index is 1540. The standard InChI is InChI=1S/C23H20Cl2F3N9O2/c1-11-7-12(24)8-15(20(38)30-13-4-5-13)18(11)31-21(39)17-9-14(10-36-34-22(32-35-36)23(26,27)28)33-37(17)19-16(25)3-2-6-29-19/h2-3,6-9,13,20,30,38H,4-5,10H2,1H3,(H,31,39). The lowest BCUT2D eigenvalue weighted by Crippen LogP contribution is -2.25. The molecule has 0 spiro atoms. The molecular formula is C23H20Cl2F3N9O2. The summed E-state index contributed by atoms with van der Waals surface area (Å²) in [5.41, 5.74) is 1.40. The number of aliphatic hydroxyl groups excluding tert-OH is 1. The van der Waals surface area contributed by atoms with Gasteiger partial charge in [0.2, 0.25) is 0 Å². The maximum absolute atomic E-state index is 13.6. The van der Waals surface area contributed by atoms with E-state index in [1.165, 1.54) is 16.9 Å². The van der Waals surface area contributed by atoms with Crippen LogP contribution in [-0.2, 0) is 12.7 Å². The molecule has 16 heteroatoms. The number of pyridine rings is 1. The van der Waals surface area contributed by atoms with Crippen LogP contribution in [0.5, 0.6) is 0 Å². The summed E-state index contributed by atoms with van der Waals surface area (Å²) in [5.74, 6) is -1.94. The molecule has 1 saturated carbocycles. The van der Waals surface area contributed by atoms with Crippen molar-refractivity contribution in [3.05, 3.63) is 74.9 Å². The largest absolute Gasteiger partial charge is 0.455 e. The maximum Gasteiger partial charge on any atom is 0.455 e. The number of nitrogens with zero attached hydrogens (tertiary/aromatic N) is 7. The van der Waals surface area contributed by atoms with Gasteiger partial charge in [0.05, 0.1) is 16.4 Å². The fourth-order valence-corrected chi connectivity index (χ4v) is 4.31. The van der Waals surface area contributed by atoms with Gasteiger partial charge in [-0.2, -0.15) is 23.1 Å². The zero-order chi connectivity index (χ0) is 27.9. The molecule has 1 fully saturated rings. The van der Waals surface area contributed by atoms with Gasteiger partial charge in [0.15, 0.2) is 5.82 Å². The molecule has 0 bridgehead atoms. The first-order chi connectivity index (χ1) is 18.5. The third kappa shape index (κ3) is 6.03. The molecule has 3 aromatic heterocycles. The van der Waals surface area contributed by atoms with Crippen LogP contribution in [0.25, 0.3) is 5.82 Å². The molecule has 1 aromatic carbocycles. The third-order valence-electron chi connectivity index (χ3n) is 5.78. The molecule has 1 amide bonds. The number of benzene rings is 1. The summed E-state index contributed by atoms with van der Waals surface area (Å²) in [6, 6.07) is 7.84. The monoisotopic (exact) mass is 581 g/mol. The molecule has 204 valence electrons. The number of anilines is 1. The van der Waals surface area contributed by atoms with Crippen molar-refractivity contribution in [3.63, 3.8) is 0 Å². The molecule has 0 saturated heterocycles. The van der Waals surface area contributed by atoms with Crippen molar-refractivity contribution in [1.29, 1.82) is 0 Å². The number of hydrogen-bond acceptors (Lipinski definition) is 8. The lowest BCUT2D eigenvalue weighted by atomic mass is 10.1. The number of amides is 1. The molecule has 11 nitrogen and oxygen atoms in total. The zero-order valence-electron chi connectivity index (χ0n) is 20.1. The highest BCUT2D eigenvalue weighted by Crippen LogP contribution is 2.32. The molecular weight excluding hydrogens is 562 g/mol. The quantitative estimate of drug-likeness (QED) is 0.266. The Balaban J connectivity index is 1.50. The van der Waals surface area contributed by atoms with Crippen molar-refractivity contribution in [2.45, 2.75) is 44.8 Å². The van der Waals surface area contributed by atoms with Crippen LogP contribution >= 0.6 is 23.2 Å². The zero-order valence-corrected chi connectivity index (χ0v) is 21.6. The summed E-state index contributed by atoms with van der Waals surface area (Å²) >= 11 is 12.5. The SMILES string of the molecule is Cc1cc(Cl)cc(C(O)NC2CC2)c1NC(=O)c1cc(Cn2nnc(C(F)(F)F)n2)nn1-c1ncccc1Cl. The van der Waals surface area contributed by atoms with Gasteiger partial charge >= 0.3 is 6.18 Å². The topological polar surface area (TPSA) is 136 Å². The van der Waals surface area contributed by atoms with Gasteiger partial charge in [0, 0.05) is 22.8 Å². The van der Waals surface area contributed by atoms with E-state index in [-0.39, 0.29) is 34.8 Å². The first kappa shape index (κ1) is 27.0. The van der Waals surface area contributed by atoms with Crippen molar-refractivity contribution in [3.8, 4) is 5.82 Å². The van der Waals surface area contributed by atoms with Crippen LogP contribution in [0.15, 0.2) is 36.5 Å². The van der Waals surface area contributed by atoms with Crippen molar-refractivity contribution in [2.75, 3.05) is 5.32 Å². The van der Waals surface area contributed by atoms with Gasteiger partial charge in [-0.1, -0.05) is 23.2 Å².